The fourth-order valence-corrected chi connectivity index (χ4v) is 6.30. The number of ketones is 1. The highest BCUT2D eigenvalue weighted by Crippen LogP contribution is 2.33. The van der Waals surface area contributed by atoms with Gasteiger partial charge in [0.1, 0.15) is 12.4 Å². The average molecular weight is 614 g/mol. The molecule has 1 saturated heterocycles. The largest absolute Gasteiger partial charge is 0.481 e. The minimum absolute atomic E-state index is 0.0950. The first-order valence-electron chi connectivity index (χ1n) is 14.7. The van der Waals surface area contributed by atoms with Crippen LogP contribution >= 0.6 is 11.6 Å². The predicted molar refractivity (Wildman–Crippen MR) is 161 cm³/mol. The first kappa shape index (κ1) is 31.1. The van der Waals surface area contributed by atoms with Crippen molar-refractivity contribution in [3.05, 3.63) is 64.6 Å². The number of hydrogen-bond donors (Lipinski definition) is 2. The van der Waals surface area contributed by atoms with E-state index in [2.05, 4.69) is 10.2 Å². The van der Waals surface area contributed by atoms with E-state index in [4.69, 9.17) is 21.1 Å². The minimum atomic E-state index is -1.15. The number of likely N-dealkylation sites (tertiary alicyclic amines) is 1. The van der Waals surface area contributed by atoms with Gasteiger partial charge in [-0.05, 0) is 62.3 Å². The normalized spacial score (nSPS) is 20.7. The number of carboxylic acid groups (broad SMARTS) is 1. The summed E-state index contributed by atoms with van der Waals surface area (Å²) in [5.74, 6) is -3.74. The number of aromatic nitrogens is 1. The Hall–Kier alpha value is -3.31. The molecule has 0 radical (unpaired) electrons. The molecule has 2 heterocycles. The second-order valence-corrected chi connectivity index (χ2v) is 12.0. The van der Waals surface area contributed by atoms with Gasteiger partial charge in [-0.3, -0.25) is 19.3 Å². The zero-order valence-corrected chi connectivity index (χ0v) is 25.2. The fourth-order valence-electron chi connectivity index (χ4n) is 6.07. The number of halogens is 2. The van der Waals surface area contributed by atoms with E-state index in [1.54, 1.807) is 13.1 Å². The third kappa shape index (κ3) is 7.09. The van der Waals surface area contributed by atoms with Gasteiger partial charge in [0.15, 0.2) is 5.78 Å². The van der Waals surface area contributed by atoms with Crippen LogP contribution in [0.3, 0.4) is 0 Å². The first-order chi connectivity index (χ1) is 20.5. The number of fused-ring (bicyclic) bond motifs is 1. The van der Waals surface area contributed by atoms with Crippen LogP contribution in [0.5, 0.6) is 0 Å². The molecule has 2 fully saturated rings. The number of carbonyl (C=O) groups excluding carboxylic acids is 2. The van der Waals surface area contributed by atoms with Crippen molar-refractivity contribution >= 4 is 45.9 Å². The molecule has 5 rings (SSSR count). The molecule has 1 unspecified atom stereocenters. The molecular formula is C32H37ClFN3O6. The predicted octanol–water partition coefficient (Wildman–Crippen LogP) is 5.78. The zero-order chi connectivity index (χ0) is 30.7. The summed E-state index contributed by atoms with van der Waals surface area (Å²) in [5, 5.41) is 12.9. The number of nitrogens with one attached hydrogen (secondary N) is 1. The molecule has 3 aromatic rings. The van der Waals surface area contributed by atoms with E-state index in [1.807, 2.05) is 35.9 Å². The molecule has 1 saturated carbocycles. The number of amides is 1. The number of carbonyl (C=O) groups is 3. The minimum Gasteiger partial charge on any atom is -0.481 e. The standard InChI is InChI=1S/C32H37ClFN3O6/c1-32(37-13-5-6-14-37,43-23-11-9-20(10-12-23)31(40)41)42-19-22(38)15-21-16-26(33)28(17-27(21)34)35-30(39)25-18-36(2)29-8-4-3-7-24(25)29/h3-4,7-8,16-18,20,23H,5-6,9-15,19H2,1-2H3,(H,35,39)(H,40,41)/t20-,23-,32?. The van der Waals surface area contributed by atoms with Gasteiger partial charge in [0, 0.05) is 50.6 Å². The second-order valence-electron chi connectivity index (χ2n) is 11.6. The van der Waals surface area contributed by atoms with Gasteiger partial charge in [-0.25, -0.2) is 4.39 Å². The van der Waals surface area contributed by atoms with Crippen molar-refractivity contribution in [2.45, 2.75) is 63.9 Å². The van der Waals surface area contributed by atoms with E-state index in [0.717, 1.165) is 42.9 Å². The highest BCUT2D eigenvalue weighted by atomic mass is 35.5. The second kappa shape index (κ2) is 13.1. The van der Waals surface area contributed by atoms with Crippen LogP contribution in [-0.2, 0) is 32.5 Å². The Balaban J connectivity index is 1.21. The summed E-state index contributed by atoms with van der Waals surface area (Å²) in [7, 11) is 1.84. The number of hydrogen-bond acceptors (Lipinski definition) is 6. The van der Waals surface area contributed by atoms with Crippen LogP contribution < -0.4 is 5.32 Å². The summed E-state index contributed by atoms with van der Waals surface area (Å²) in [5.41, 5.74) is 1.52. The lowest BCUT2D eigenvalue weighted by atomic mass is 9.87. The van der Waals surface area contributed by atoms with Crippen molar-refractivity contribution in [2.75, 3.05) is 25.0 Å². The van der Waals surface area contributed by atoms with Crippen molar-refractivity contribution in [1.29, 1.82) is 0 Å². The Morgan fingerprint density at radius 2 is 1.81 bits per heavy atom. The van der Waals surface area contributed by atoms with Crippen LogP contribution in [0.25, 0.3) is 10.9 Å². The van der Waals surface area contributed by atoms with Crippen LogP contribution in [0.2, 0.25) is 5.02 Å². The lowest BCUT2D eigenvalue weighted by molar-refractivity contribution is -0.320. The number of anilines is 1. The molecule has 9 nitrogen and oxygen atoms in total. The molecule has 1 atom stereocenters. The fraction of sp³-hybridized carbons (Fsp3) is 0.469. The summed E-state index contributed by atoms with van der Waals surface area (Å²) < 4.78 is 29.4. The highest BCUT2D eigenvalue weighted by molar-refractivity contribution is 6.34. The molecule has 2 aliphatic rings. The summed E-state index contributed by atoms with van der Waals surface area (Å²) in [4.78, 5) is 39.4. The summed E-state index contributed by atoms with van der Waals surface area (Å²) in [6, 6.07) is 9.95. The monoisotopic (exact) mass is 613 g/mol. The van der Waals surface area contributed by atoms with Crippen molar-refractivity contribution in [3.63, 3.8) is 0 Å². The Bertz CT molecular complexity index is 1510. The van der Waals surface area contributed by atoms with E-state index in [-0.39, 0.29) is 47.1 Å². The molecule has 1 aliphatic carbocycles. The van der Waals surface area contributed by atoms with E-state index in [9.17, 15) is 19.5 Å². The van der Waals surface area contributed by atoms with Gasteiger partial charge in [0.05, 0.1) is 28.3 Å². The number of Topliss-reactive ketones (excluding diaryl/α,β-unsaturated/α-hetero) is 1. The number of benzene rings is 2. The lowest BCUT2D eigenvalue weighted by Crippen LogP contribution is -2.52. The van der Waals surface area contributed by atoms with Gasteiger partial charge in [-0.1, -0.05) is 29.8 Å². The molecule has 43 heavy (non-hydrogen) atoms. The Morgan fingerprint density at radius 3 is 2.51 bits per heavy atom. The number of aliphatic carboxylic acids is 1. The third-order valence-electron chi connectivity index (χ3n) is 8.50. The van der Waals surface area contributed by atoms with Crippen LogP contribution in [-0.4, -0.2) is 63.9 Å². The SMILES string of the molecule is Cn1cc(C(=O)Nc2cc(F)c(CC(=O)COC(C)(O[C@H]3CC[C@H](C(=O)O)CC3)N3CCCC3)cc2Cl)c2ccccc21. The molecule has 1 aliphatic heterocycles. The molecule has 2 N–H and O–H groups in total. The lowest BCUT2D eigenvalue weighted by Gasteiger charge is -2.41. The van der Waals surface area contributed by atoms with Crippen molar-refractivity contribution < 1.29 is 33.4 Å². The van der Waals surface area contributed by atoms with Gasteiger partial charge in [0.2, 0.25) is 5.91 Å². The molecule has 0 bridgehead atoms. The van der Waals surface area contributed by atoms with E-state index in [0.29, 0.717) is 31.2 Å². The maximum atomic E-state index is 15.1. The molecule has 1 aromatic heterocycles. The number of nitrogens with zero attached hydrogens (tertiary/aromatic N) is 2. The van der Waals surface area contributed by atoms with Crippen LogP contribution in [0, 0.1) is 11.7 Å². The number of para-hydroxylation sites is 1. The molecular weight excluding hydrogens is 577 g/mol. The quantitative estimate of drug-likeness (QED) is 0.264. The van der Waals surface area contributed by atoms with Gasteiger partial charge in [-0.15, -0.1) is 0 Å². The Morgan fingerprint density at radius 1 is 1.12 bits per heavy atom. The van der Waals surface area contributed by atoms with Crippen LogP contribution in [0.4, 0.5) is 10.1 Å². The third-order valence-corrected chi connectivity index (χ3v) is 8.82. The van der Waals surface area contributed by atoms with E-state index < -0.39 is 23.6 Å². The van der Waals surface area contributed by atoms with E-state index in [1.165, 1.54) is 6.07 Å². The first-order valence-corrected chi connectivity index (χ1v) is 15.1. The van der Waals surface area contributed by atoms with Gasteiger partial charge in [0.25, 0.3) is 5.91 Å². The van der Waals surface area contributed by atoms with Crippen molar-refractivity contribution in [1.82, 2.24) is 9.47 Å². The van der Waals surface area contributed by atoms with Crippen molar-refractivity contribution in [2.24, 2.45) is 13.0 Å². The molecule has 0 spiro atoms. The molecule has 2 aromatic carbocycles. The number of aryl methyl sites for hydroxylation is 1. The maximum absolute atomic E-state index is 15.1. The topological polar surface area (TPSA) is 110 Å². The molecule has 1 amide bonds. The van der Waals surface area contributed by atoms with Gasteiger partial charge in [-0.2, -0.15) is 0 Å². The summed E-state index contributed by atoms with van der Waals surface area (Å²) in [6.07, 6.45) is 5.52. The number of ether oxygens (including phenoxy) is 2. The van der Waals surface area contributed by atoms with Gasteiger partial charge < -0.3 is 24.5 Å². The Labute approximate surface area is 254 Å². The molecule has 11 heteroatoms. The van der Waals surface area contributed by atoms with E-state index >= 15 is 4.39 Å². The summed E-state index contributed by atoms with van der Waals surface area (Å²) in [6.45, 7) is 3.00. The Kier molecular flexibility index (Phi) is 9.51. The van der Waals surface area contributed by atoms with Crippen molar-refractivity contribution in [3.8, 4) is 0 Å². The smallest absolute Gasteiger partial charge is 0.306 e. The zero-order valence-electron chi connectivity index (χ0n) is 24.4. The molecule has 230 valence electrons. The number of carboxylic acids is 1. The average Bonchev–Trinajstić information content (AvgIpc) is 3.64. The van der Waals surface area contributed by atoms with Gasteiger partial charge >= 0.3 is 5.97 Å². The van der Waals surface area contributed by atoms with Crippen LogP contribution in [0.1, 0.15) is 61.4 Å². The maximum Gasteiger partial charge on any atom is 0.306 e. The number of rotatable bonds is 11. The highest BCUT2D eigenvalue weighted by Gasteiger charge is 2.40. The summed E-state index contributed by atoms with van der Waals surface area (Å²) >= 11 is 6.42. The van der Waals surface area contributed by atoms with Crippen LogP contribution in [0.15, 0.2) is 42.6 Å².